The van der Waals surface area contributed by atoms with Crippen molar-refractivity contribution < 1.29 is 14.2 Å². The number of allylic oxidation sites excluding steroid dienone is 1. The van der Waals surface area contributed by atoms with Crippen LogP contribution in [-0.4, -0.2) is 73.8 Å². The van der Waals surface area contributed by atoms with Crippen LogP contribution in [0.2, 0.25) is 0 Å². The zero-order chi connectivity index (χ0) is 31.0. The van der Waals surface area contributed by atoms with E-state index in [-0.39, 0.29) is 5.82 Å². The van der Waals surface area contributed by atoms with Crippen LogP contribution in [0, 0.1) is 12.7 Å². The van der Waals surface area contributed by atoms with Crippen LogP contribution in [0.5, 0.6) is 0 Å². The summed E-state index contributed by atoms with van der Waals surface area (Å²) in [6.45, 7) is 27.1. The van der Waals surface area contributed by atoms with Crippen molar-refractivity contribution in [2.24, 2.45) is 0 Å². The van der Waals surface area contributed by atoms with Gasteiger partial charge >= 0.3 is 0 Å². The van der Waals surface area contributed by atoms with Crippen molar-refractivity contribution in [3.05, 3.63) is 65.6 Å². The van der Waals surface area contributed by atoms with Crippen molar-refractivity contribution in [3.8, 4) is 0 Å². The number of aromatic nitrogens is 2. The summed E-state index contributed by atoms with van der Waals surface area (Å²) in [5.74, 6) is 0.828. The molecule has 2 rings (SSSR count). The molecular weight excluding hydrogens is 491 g/mol. The lowest BCUT2D eigenvalue weighted by molar-refractivity contribution is 0.265. The zero-order valence-electron chi connectivity index (χ0n) is 27.1. The smallest absolute Gasteiger partial charge is 0.158 e. The Bertz CT molecular complexity index is 854. The van der Waals surface area contributed by atoms with Crippen molar-refractivity contribution in [1.29, 1.82) is 0 Å². The number of rotatable bonds is 10. The van der Waals surface area contributed by atoms with Gasteiger partial charge in [0.05, 0.1) is 6.54 Å². The Kier molecular flexibility index (Phi) is 27.1. The molecule has 226 valence electrons. The maximum absolute atomic E-state index is 13.1. The molecule has 1 aromatic heterocycles. The minimum Gasteiger partial charge on any atom is -0.400 e. The van der Waals surface area contributed by atoms with Gasteiger partial charge in [-0.25, -0.2) is 4.39 Å². The molecule has 1 atom stereocenters. The second-order valence-corrected chi connectivity index (χ2v) is 8.86. The third-order valence-corrected chi connectivity index (χ3v) is 6.33. The van der Waals surface area contributed by atoms with Gasteiger partial charge in [0.2, 0.25) is 0 Å². The fourth-order valence-corrected chi connectivity index (χ4v) is 3.36. The second kappa shape index (κ2) is 25.8. The summed E-state index contributed by atoms with van der Waals surface area (Å²) in [5, 5.41) is 11.9. The van der Waals surface area contributed by atoms with Crippen LogP contribution in [0.3, 0.4) is 0 Å². The molecule has 0 unspecified atom stereocenters. The molecule has 0 saturated carbocycles. The van der Waals surface area contributed by atoms with Gasteiger partial charge in [-0.3, -0.25) is 4.68 Å². The number of methoxy groups -OCH3 is 1. The summed E-state index contributed by atoms with van der Waals surface area (Å²) >= 11 is 0. The average Bonchev–Trinajstić information content (AvgIpc) is 3.26. The minimum atomic E-state index is -0.207. The Morgan fingerprint density at radius 1 is 1.05 bits per heavy atom. The number of benzene rings is 1. The van der Waals surface area contributed by atoms with Gasteiger partial charge in [-0.2, -0.15) is 5.10 Å². The predicted molar refractivity (Wildman–Crippen MR) is 170 cm³/mol. The molecule has 1 aromatic carbocycles. The predicted octanol–water partition coefficient (Wildman–Crippen LogP) is 7.45. The molecular formula is C32H59FN4O2. The van der Waals surface area contributed by atoms with Gasteiger partial charge in [0.25, 0.3) is 0 Å². The molecule has 2 aromatic rings. The van der Waals surface area contributed by atoms with Crippen molar-refractivity contribution in [2.45, 2.75) is 80.8 Å². The van der Waals surface area contributed by atoms with E-state index in [1.54, 1.807) is 14.2 Å². The van der Waals surface area contributed by atoms with E-state index >= 15 is 0 Å². The summed E-state index contributed by atoms with van der Waals surface area (Å²) in [6, 6.07) is 7.39. The second-order valence-electron chi connectivity index (χ2n) is 8.86. The van der Waals surface area contributed by atoms with Crippen LogP contribution in [-0.2, 0) is 11.3 Å². The number of aliphatic hydroxyl groups is 1. The van der Waals surface area contributed by atoms with Crippen LogP contribution >= 0.6 is 0 Å². The molecule has 1 heterocycles. The summed E-state index contributed by atoms with van der Waals surface area (Å²) < 4.78 is 19.4. The number of anilines is 1. The van der Waals surface area contributed by atoms with E-state index in [0.29, 0.717) is 6.54 Å². The number of hydrogen-bond donors (Lipinski definition) is 1. The molecule has 0 amide bonds. The van der Waals surface area contributed by atoms with E-state index < -0.39 is 0 Å². The highest BCUT2D eigenvalue weighted by molar-refractivity contribution is 5.68. The Balaban J connectivity index is -0.000000721. The number of ether oxygens (including phenoxy) is 1. The molecule has 0 aliphatic carbocycles. The highest BCUT2D eigenvalue weighted by Crippen LogP contribution is 2.26. The van der Waals surface area contributed by atoms with Gasteiger partial charge in [-0.05, 0) is 78.7 Å². The molecule has 0 saturated heterocycles. The Morgan fingerprint density at radius 2 is 1.54 bits per heavy atom. The summed E-state index contributed by atoms with van der Waals surface area (Å²) in [7, 11) is 6.41. The fraction of sp³-hybridized carbons (Fsp3) is 0.594. The molecule has 7 heteroatoms. The van der Waals surface area contributed by atoms with E-state index in [9.17, 15) is 4.39 Å². The first-order valence-corrected chi connectivity index (χ1v) is 13.9. The van der Waals surface area contributed by atoms with Gasteiger partial charge in [0.15, 0.2) is 5.82 Å². The first kappa shape index (κ1) is 41.0. The first-order valence-electron chi connectivity index (χ1n) is 13.9. The van der Waals surface area contributed by atoms with Crippen LogP contribution < -0.4 is 4.90 Å². The lowest BCUT2D eigenvalue weighted by Crippen LogP contribution is -2.27. The molecule has 0 bridgehead atoms. The quantitative estimate of drug-likeness (QED) is 0.311. The maximum Gasteiger partial charge on any atom is 0.158 e. The Labute approximate surface area is 240 Å². The molecule has 39 heavy (non-hydrogen) atoms. The van der Waals surface area contributed by atoms with Crippen molar-refractivity contribution in [1.82, 2.24) is 14.7 Å². The van der Waals surface area contributed by atoms with Crippen molar-refractivity contribution in [3.63, 3.8) is 0 Å². The fourth-order valence-electron chi connectivity index (χ4n) is 3.36. The zero-order valence-corrected chi connectivity index (χ0v) is 27.1. The molecule has 0 aliphatic heterocycles. The average molecular weight is 551 g/mol. The first-order chi connectivity index (χ1) is 18.6. The van der Waals surface area contributed by atoms with E-state index in [1.165, 1.54) is 29.7 Å². The largest absolute Gasteiger partial charge is 0.400 e. The van der Waals surface area contributed by atoms with E-state index in [2.05, 4.69) is 96.2 Å². The van der Waals surface area contributed by atoms with Gasteiger partial charge in [-0.1, -0.05) is 44.6 Å². The molecule has 0 aliphatic rings. The minimum absolute atomic E-state index is 0.207. The Hall–Kier alpha value is -2.48. The highest BCUT2D eigenvalue weighted by Gasteiger charge is 2.17. The third-order valence-electron chi connectivity index (χ3n) is 6.33. The van der Waals surface area contributed by atoms with Crippen LogP contribution in [0.25, 0.3) is 6.08 Å². The number of aliphatic hydroxyl groups excluding tert-OH is 1. The van der Waals surface area contributed by atoms with Gasteiger partial charge in [-0.15, -0.1) is 13.2 Å². The van der Waals surface area contributed by atoms with Crippen LogP contribution in [0.1, 0.15) is 78.1 Å². The van der Waals surface area contributed by atoms with Gasteiger partial charge < -0.3 is 19.6 Å². The van der Waals surface area contributed by atoms with Crippen LogP contribution in [0.4, 0.5) is 10.2 Å². The molecule has 0 spiro atoms. The lowest BCUT2D eigenvalue weighted by Gasteiger charge is -2.20. The SMILES string of the molecule is C=C.CC/C(C)=C\c1c(N(CC)CC)nn(Cc2ccc(F)cc2)c1C.CC[C@@H](C)N(C)CC.CO.COC. The van der Waals surface area contributed by atoms with Crippen molar-refractivity contribution in [2.75, 3.05) is 52.9 Å². The number of halogens is 1. The normalized spacial score (nSPS) is 11.0. The van der Waals surface area contributed by atoms with E-state index in [1.807, 2.05) is 16.8 Å². The Morgan fingerprint density at radius 3 is 1.90 bits per heavy atom. The van der Waals surface area contributed by atoms with Gasteiger partial charge in [0.1, 0.15) is 5.82 Å². The van der Waals surface area contributed by atoms with Crippen molar-refractivity contribution >= 4 is 11.9 Å². The molecule has 0 radical (unpaired) electrons. The summed E-state index contributed by atoms with van der Waals surface area (Å²) in [6.07, 6.45) is 4.53. The summed E-state index contributed by atoms with van der Waals surface area (Å²) in [4.78, 5) is 4.63. The lowest BCUT2D eigenvalue weighted by atomic mass is 10.1. The van der Waals surface area contributed by atoms with E-state index in [0.717, 1.165) is 56.3 Å². The maximum atomic E-state index is 13.1. The topological polar surface area (TPSA) is 53.8 Å². The number of hydrogen-bond acceptors (Lipinski definition) is 5. The van der Waals surface area contributed by atoms with Crippen LogP contribution in [0.15, 0.2) is 43.0 Å². The molecule has 1 N–H and O–H groups in total. The standard InChI is InChI=1S/C20H28FN3.C7H17N.C2H6O.C2H4.CH4O/c1-6-15(4)13-19-16(5)24(22-20(19)23(7-2)8-3)14-17-9-11-18(21)12-10-17;1-5-7(3)8(4)6-2;1-3-2;2*1-2/h9-13H,6-8,14H2,1-5H3;7H,5-6H2,1-4H3;1-2H3;1-2H2;2H,1H3/b15-13-;;;;/t;7-;;;/m.1.../s1. The highest BCUT2D eigenvalue weighted by atomic mass is 19.1. The monoisotopic (exact) mass is 550 g/mol. The summed E-state index contributed by atoms with van der Waals surface area (Å²) in [5.41, 5.74) is 4.73. The molecule has 0 fully saturated rings. The van der Waals surface area contributed by atoms with Gasteiger partial charge in [0, 0.05) is 51.7 Å². The molecule has 6 nitrogen and oxygen atoms in total. The van der Waals surface area contributed by atoms with E-state index in [4.69, 9.17) is 10.2 Å². The third kappa shape index (κ3) is 16.3. The number of nitrogens with zero attached hydrogens (tertiary/aromatic N) is 4.